The molecule has 2 aromatic rings. The molecule has 0 aliphatic rings. The number of hydrazine groups is 1. The Labute approximate surface area is 193 Å². The zero-order chi connectivity index (χ0) is 24.0. The molecule has 174 valence electrons. The normalized spacial score (nSPS) is 12.9. The number of nitrogens with one attached hydrogen (secondary N) is 3. The van der Waals surface area contributed by atoms with Crippen LogP contribution >= 0.6 is 23.2 Å². The Morgan fingerprint density at radius 3 is 2.50 bits per heavy atom. The summed E-state index contributed by atoms with van der Waals surface area (Å²) < 4.78 is 13.3. The average Bonchev–Trinajstić information content (AvgIpc) is 3.15. The molecule has 2 rings (SSSR count). The van der Waals surface area contributed by atoms with E-state index < -0.39 is 35.3 Å². The molecule has 9 nitrogen and oxygen atoms in total. The molecular formula is C20H24Cl2FN5O4. The number of amides is 4. The number of aromatic amines is 1. The van der Waals surface area contributed by atoms with Gasteiger partial charge in [-0.2, -0.15) is 0 Å². The lowest BCUT2D eigenvalue weighted by Crippen LogP contribution is -2.56. The molecule has 2 unspecified atom stereocenters. The Morgan fingerprint density at radius 2 is 1.94 bits per heavy atom. The summed E-state index contributed by atoms with van der Waals surface area (Å²) in [5.41, 5.74) is 5.67. The maximum absolute atomic E-state index is 13.3. The molecule has 32 heavy (non-hydrogen) atoms. The Bertz CT molecular complexity index is 1010. The number of hydrogen-bond acceptors (Lipinski definition) is 4. The van der Waals surface area contributed by atoms with Gasteiger partial charge in [0.1, 0.15) is 11.7 Å². The van der Waals surface area contributed by atoms with Crippen LogP contribution < -0.4 is 16.5 Å². The van der Waals surface area contributed by atoms with E-state index in [4.69, 9.17) is 28.9 Å². The SMILES string of the molecule is CC(C)CC(NC(=O)c1cc2c(Cl)cccc2[nH]1)C(=O)NN(CCC(N)=O)C(=O)C(F)Cl. The van der Waals surface area contributed by atoms with Gasteiger partial charge in [0, 0.05) is 22.3 Å². The van der Waals surface area contributed by atoms with Crippen LogP contribution in [0.25, 0.3) is 10.9 Å². The molecule has 0 saturated carbocycles. The lowest BCUT2D eigenvalue weighted by Gasteiger charge is -2.27. The number of primary amides is 1. The van der Waals surface area contributed by atoms with E-state index in [1.807, 2.05) is 13.8 Å². The van der Waals surface area contributed by atoms with Gasteiger partial charge in [-0.15, -0.1) is 0 Å². The van der Waals surface area contributed by atoms with Crippen molar-refractivity contribution in [2.45, 2.75) is 38.4 Å². The van der Waals surface area contributed by atoms with E-state index >= 15 is 0 Å². The fourth-order valence-corrected chi connectivity index (χ4v) is 3.30. The number of rotatable bonds is 9. The van der Waals surface area contributed by atoms with Crippen LogP contribution in [0.5, 0.6) is 0 Å². The number of carbonyl (C=O) groups excluding carboxylic acids is 4. The van der Waals surface area contributed by atoms with Crippen LogP contribution in [0, 0.1) is 5.92 Å². The summed E-state index contributed by atoms with van der Waals surface area (Å²) in [6, 6.07) is 5.65. The van der Waals surface area contributed by atoms with Crippen LogP contribution in [0.1, 0.15) is 37.2 Å². The predicted octanol–water partition coefficient (Wildman–Crippen LogP) is 2.24. The summed E-state index contributed by atoms with van der Waals surface area (Å²) >= 11 is 11.3. The first-order valence-electron chi connectivity index (χ1n) is 9.76. The van der Waals surface area contributed by atoms with Gasteiger partial charge < -0.3 is 16.0 Å². The molecule has 0 aliphatic carbocycles. The monoisotopic (exact) mass is 487 g/mol. The van der Waals surface area contributed by atoms with Gasteiger partial charge in [-0.05, 0) is 30.5 Å². The highest BCUT2D eigenvalue weighted by molar-refractivity contribution is 6.35. The minimum Gasteiger partial charge on any atom is -0.370 e. The summed E-state index contributed by atoms with van der Waals surface area (Å²) in [6.07, 6.45) is -0.108. The largest absolute Gasteiger partial charge is 0.370 e. The highest BCUT2D eigenvalue weighted by Gasteiger charge is 2.29. The number of halogens is 3. The van der Waals surface area contributed by atoms with Crippen LogP contribution in [0.2, 0.25) is 5.02 Å². The fraction of sp³-hybridized carbons (Fsp3) is 0.400. The molecular weight excluding hydrogens is 464 g/mol. The first-order chi connectivity index (χ1) is 15.0. The second-order valence-electron chi connectivity index (χ2n) is 7.52. The molecule has 0 aliphatic heterocycles. The number of nitrogens with zero attached hydrogens (tertiary/aromatic N) is 1. The van der Waals surface area contributed by atoms with Crippen LogP contribution in [-0.2, 0) is 14.4 Å². The van der Waals surface area contributed by atoms with E-state index in [1.165, 1.54) is 0 Å². The highest BCUT2D eigenvalue weighted by Crippen LogP contribution is 2.24. The van der Waals surface area contributed by atoms with Crippen LogP contribution in [0.3, 0.4) is 0 Å². The Hall–Kier alpha value is -2.85. The molecule has 1 aromatic carbocycles. The van der Waals surface area contributed by atoms with Crippen molar-refractivity contribution in [2.75, 3.05) is 6.54 Å². The third-order valence-corrected chi connectivity index (χ3v) is 4.98. The summed E-state index contributed by atoms with van der Waals surface area (Å²) in [5, 5.41) is 4.28. The summed E-state index contributed by atoms with van der Waals surface area (Å²) in [7, 11) is 0. The van der Waals surface area contributed by atoms with Gasteiger partial charge in [-0.25, -0.2) is 9.40 Å². The standard InChI is InChI=1S/C20H24Cl2FN5O4/c1-10(2)8-14(19(31)27-28(7-6-16(24)29)20(32)17(22)23)26-18(30)15-9-11-12(21)4-3-5-13(11)25-15/h3-5,9-10,14,17,25H,6-8H2,1-2H3,(H2,24,29)(H,26,30)(H,27,31). The number of benzene rings is 1. The van der Waals surface area contributed by atoms with E-state index in [-0.39, 0.29) is 31.0 Å². The van der Waals surface area contributed by atoms with Gasteiger partial charge >= 0.3 is 0 Å². The number of aromatic nitrogens is 1. The third-order valence-electron chi connectivity index (χ3n) is 4.46. The molecule has 4 amide bonds. The van der Waals surface area contributed by atoms with Gasteiger partial charge in [-0.3, -0.25) is 24.6 Å². The molecule has 1 heterocycles. The van der Waals surface area contributed by atoms with Crippen LogP contribution in [0.4, 0.5) is 4.39 Å². The van der Waals surface area contributed by atoms with Crippen molar-refractivity contribution < 1.29 is 23.6 Å². The molecule has 0 radical (unpaired) electrons. The minimum absolute atomic E-state index is 0.0140. The van der Waals surface area contributed by atoms with Gasteiger partial charge in [0.05, 0.1) is 6.54 Å². The van der Waals surface area contributed by atoms with Gasteiger partial charge in [0.2, 0.25) is 5.91 Å². The van der Waals surface area contributed by atoms with Crippen LogP contribution in [0.15, 0.2) is 24.3 Å². The summed E-state index contributed by atoms with van der Waals surface area (Å²) in [5.74, 6) is -3.39. The molecule has 5 N–H and O–H groups in total. The maximum Gasteiger partial charge on any atom is 0.291 e. The van der Waals surface area contributed by atoms with Crippen molar-refractivity contribution in [1.82, 2.24) is 20.7 Å². The quantitative estimate of drug-likeness (QED) is 0.318. The number of hydrogen-bond donors (Lipinski definition) is 4. The predicted molar refractivity (Wildman–Crippen MR) is 118 cm³/mol. The van der Waals surface area contributed by atoms with Crippen molar-refractivity contribution in [3.63, 3.8) is 0 Å². The van der Waals surface area contributed by atoms with Crippen molar-refractivity contribution in [3.05, 3.63) is 35.0 Å². The fourth-order valence-electron chi connectivity index (χ4n) is 2.95. The van der Waals surface area contributed by atoms with E-state index in [0.29, 0.717) is 20.9 Å². The van der Waals surface area contributed by atoms with Crippen molar-refractivity contribution >= 4 is 57.7 Å². The van der Waals surface area contributed by atoms with Gasteiger partial charge in [0.15, 0.2) is 0 Å². The second kappa shape index (κ2) is 11.1. The summed E-state index contributed by atoms with van der Waals surface area (Å²) in [6.45, 7) is 3.29. The highest BCUT2D eigenvalue weighted by atomic mass is 35.5. The second-order valence-corrected chi connectivity index (χ2v) is 8.31. The maximum atomic E-state index is 13.3. The van der Waals surface area contributed by atoms with Crippen molar-refractivity contribution in [2.24, 2.45) is 11.7 Å². The summed E-state index contributed by atoms with van der Waals surface area (Å²) in [4.78, 5) is 51.5. The number of alkyl halides is 2. The van der Waals surface area contributed by atoms with E-state index in [0.717, 1.165) is 0 Å². The topological polar surface area (TPSA) is 137 Å². The number of fused-ring (bicyclic) bond motifs is 1. The Balaban J connectivity index is 2.19. The minimum atomic E-state index is -2.43. The van der Waals surface area contributed by atoms with E-state index in [1.54, 1.807) is 24.3 Å². The zero-order valence-corrected chi connectivity index (χ0v) is 19.0. The molecule has 12 heteroatoms. The molecule has 0 bridgehead atoms. The van der Waals surface area contributed by atoms with E-state index in [2.05, 4.69) is 15.7 Å². The lowest BCUT2D eigenvalue weighted by atomic mass is 10.0. The number of H-pyrrole nitrogens is 1. The average molecular weight is 488 g/mol. The first kappa shape index (κ1) is 25.4. The molecule has 0 fully saturated rings. The molecule has 2 atom stereocenters. The van der Waals surface area contributed by atoms with Crippen molar-refractivity contribution in [3.8, 4) is 0 Å². The van der Waals surface area contributed by atoms with Crippen molar-refractivity contribution in [1.29, 1.82) is 0 Å². The molecule has 0 spiro atoms. The number of carbonyl (C=O) groups is 4. The smallest absolute Gasteiger partial charge is 0.291 e. The van der Waals surface area contributed by atoms with Gasteiger partial charge in [-0.1, -0.05) is 43.1 Å². The van der Waals surface area contributed by atoms with Crippen LogP contribution in [-0.4, -0.2) is 51.8 Å². The third kappa shape index (κ3) is 6.83. The van der Waals surface area contributed by atoms with E-state index in [9.17, 15) is 23.6 Å². The Kier molecular flexibility index (Phi) is 8.85. The molecule has 1 aromatic heterocycles. The van der Waals surface area contributed by atoms with Gasteiger partial charge in [0.25, 0.3) is 23.4 Å². The zero-order valence-electron chi connectivity index (χ0n) is 17.5. The number of nitrogens with two attached hydrogens (primary N) is 1. The Morgan fingerprint density at radius 1 is 1.25 bits per heavy atom. The lowest BCUT2D eigenvalue weighted by molar-refractivity contribution is -0.144. The molecule has 0 saturated heterocycles. The first-order valence-corrected chi connectivity index (χ1v) is 10.6.